The Hall–Kier alpha value is -0.770. The minimum atomic E-state index is -0.279. The average molecular weight is 171 g/mol. The SMILES string of the molecule is O=C1NCC(CC2CCOC2)O1. The van der Waals surface area contributed by atoms with Gasteiger partial charge in [0.05, 0.1) is 6.54 Å². The summed E-state index contributed by atoms with van der Waals surface area (Å²) in [5, 5.41) is 2.64. The molecule has 0 aromatic carbocycles. The van der Waals surface area contributed by atoms with Crippen LogP contribution < -0.4 is 5.32 Å². The zero-order valence-corrected chi connectivity index (χ0v) is 6.91. The molecule has 0 bridgehead atoms. The Morgan fingerprint density at radius 2 is 2.50 bits per heavy atom. The standard InChI is InChI=1S/C8H13NO3/c10-8-9-4-7(12-8)3-6-1-2-11-5-6/h6-7H,1-5H2,(H,9,10). The maximum absolute atomic E-state index is 10.7. The Morgan fingerprint density at radius 3 is 3.08 bits per heavy atom. The second kappa shape index (κ2) is 3.31. The van der Waals surface area contributed by atoms with Crippen molar-refractivity contribution in [2.45, 2.75) is 18.9 Å². The summed E-state index contributed by atoms with van der Waals surface area (Å²) >= 11 is 0. The van der Waals surface area contributed by atoms with E-state index in [1.807, 2.05) is 0 Å². The summed E-state index contributed by atoms with van der Waals surface area (Å²) < 4.78 is 10.3. The molecular formula is C8H13NO3. The van der Waals surface area contributed by atoms with Crippen LogP contribution in [0.4, 0.5) is 4.79 Å². The summed E-state index contributed by atoms with van der Waals surface area (Å²) in [5.74, 6) is 0.586. The van der Waals surface area contributed by atoms with Gasteiger partial charge >= 0.3 is 6.09 Å². The normalized spacial score (nSPS) is 34.8. The number of alkyl carbamates (subject to hydrolysis) is 1. The van der Waals surface area contributed by atoms with E-state index in [9.17, 15) is 4.79 Å². The van der Waals surface area contributed by atoms with Crippen molar-refractivity contribution in [1.82, 2.24) is 5.32 Å². The minimum absolute atomic E-state index is 0.0733. The number of amides is 1. The number of carbonyl (C=O) groups excluding carboxylic acids is 1. The molecule has 2 unspecified atom stereocenters. The van der Waals surface area contributed by atoms with E-state index in [1.54, 1.807) is 0 Å². The summed E-state index contributed by atoms with van der Waals surface area (Å²) in [6, 6.07) is 0. The molecule has 2 aliphatic heterocycles. The third-order valence-electron chi connectivity index (χ3n) is 2.37. The van der Waals surface area contributed by atoms with Gasteiger partial charge in [-0.15, -0.1) is 0 Å². The minimum Gasteiger partial charge on any atom is -0.444 e. The Morgan fingerprint density at radius 1 is 1.58 bits per heavy atom. The number of ether oxygens (including phenoxy) is 2. The number of rotatable bonds is 2. The molecule has 68 valence electrons. The Labute approximate surface area is 71.2 Å². The molecule has 2 fully saturated rings. The van der Waals surface area contributed by atoms with Crippen LogP contribution in [0.3, 0.4) is 0 Å². The van der Waals surface area contributed by atoms with Gasteiger partial charge < -0.3 is 14.8 Å². The van der Waals surface area contributed by atoms with E-state index in [-0.39, 0.29) is 12.2 Å². The lowest BCUT2D eigenvalue weighted by Crippen LogP contribution is -2.18. The molecule has 2 rings (SSSR count). The summed E-state index contributed by atoms with van der Waals surface area (Å²) in [6.07, 6.45) is 1.84. The lowest BCUT2D eigenvalue weighted by Gasteiger charge is -2.11. The molecule has 0 aromatic rings. The number of hydrogen-bond acceptors (Lipinski definition) is 3. The largest absolute Gasteiger partial charge is 0.444 e. The number of carbonyl (C=O) groups is 1. The maximum Gasteiger partial charge on any atom is 0.407 e. The first kappa shape index (κ1) is 7.86. The molecule has 2 heterocycles. The van der Waals surface area contributed by atoms with Gasteiger partial charge in [0.25, 0.3) is 0 Å². The van der Waals surface area contributed by atoms with Gasteiger partial charge in [-0.1, -0.05) is 0 Å². The molecule has 2 aliphatic rings. The average Bonchev–Trinajstić information content (AvgIpc) is 2.63. The topological polar surface area (TPSA) is 47.6 Å². The van der Waals surface area contributed by atoms with E-state index in [0.717, 1.165) is 26.1 Å². The van der Waals surface area contributed by atoms with E-state index in [4.69, 9.17) is 9.47 Å². The van der Waals surface area contributed by atoms with Crippen molar-refractivity contribution in [3.05, 3.63) is 0 Å². The third kappa shape index (κ3) is 1.69. The lowest BCUT2D eigenvalue weighted by atomic mass is 10.0. The van der Waals surface area contributed by atoms with Crippen molar-refractivity contribution in [1.29, 1.82) is 0 Å². The van der Waals surface area contributed by atoms with Gasteiger partial charge in [-0.05, 0) is 18.8 Å². The molecule has 0 aromatic heterocycles. The first-order valence-electron chi connectivity index (χ1n) is 4.37. The summed E-state index contributed by atoms with van der Waals surface area (Å²) in [6.45, 7) is 2.35. The van der Waals surface area contributed by atoms with Crippen molar-refractivity contribution in [3.8, 4) is 0 Å². The third-order valence-corrected chi connectivity index (χ3v) is 2.37. The first-order chi connectivity index (χ1) is 5.84. The van der Waals surface area contributed by atoms with Gasteiger partial charge in [0.15, 0.2) is 0 Å². The van der Waals surface area contributed by atoms with Gasteiger partial charge in [0.1, 0.15) is 6.10 Å². The second-order valence-corrected chi connectivity index (χ2v) is 3.37. The molecule has 1 amide bonds. The molecular weight excluding hydrogens is 158 g/mol. The number of nitrogens with one attached hydrogen (secondary N) is 1. The highest BCUT2D eigenvalue weighted by Gasteiger charge is 2.27. The Bertz CT molecular complexity index is 177. The fourth-order valence-electron chi connectivity index (χ4n) is 1.70. The summed E-state index contributed by atoms with van der Waals surface area (Å²) in [5.41, 5.74) is 0. The predicted molar refractivity (Wildman–Crippen MR) is 41.8 cm³/mol. The van der Waals surface area contributed by atoms with E-state index in [1.165, 1.54) is 0 Å². The molecule has 0 spiro atoms. The molecule has 1 N–H and O–H groups in total. The van der Waals surface area contributed by atoms with Crippen molar-refractivity contribution in [2.24, 2.45) is 5.92 Å². The summed E-state index contributed by atoms with van der Waals surface area (Å²) in [7, 11) is 0. The van der Waals surface area contributed by atoms with Gasteiger partial charge in [0.2, 0.25) is 0 Å². The molecule has 2 atom stereocenters. The first-order valence-corrected chi connectivity index (χ1v) is 4.37. The van der Waals surface area contributed by atoms with Crippen LogP contribution in [0.5, 0.6) is 0 Å². The van der Waals surface area contributed by atoms with Gasteiger partial charge in [-0.25, -0.2) is 4.79 Å². The van der Waals surface area contributed by atoms with E-state index < -0.39 is 0 Å². The van der Waals surface area contributed by atoms with Crippen molar-refractivity contribution in [2.75, 3.05) is 19.8 Å². The van der Waals surface area contributed by atoms with Crippen LogP contribution in [-0.2, 0) is 9.47 Å². The van der Waals surface area contributed by atoms with Crippen LogP contribution in [0, 0.1) is 5.92 Å². The van der Waals surface area contributed by atoms with E-state index in [2.05, 4.69) is 5.32 Å². The van der Waals surface area contributed by atoms with Crippen molar-refractivity contribution in [3.63, 3.8) is 0 Å². The smallest absolute Gasteiger partial charge is 0.407 e. The molecule has 4 heteroatoms. The van der Waals surface area contributed by atoms with Crippen LogP contribution in [0.2, 0.25) is 0 Å². The highest BCUT2D eigenvalue weighted by atomic mass is 16.6. The quantitative estimate of drug-likeness (QED) is 0.659. The fraction of sp³-hybridized carbons (Fsp3) is 0.875. The second-order valence-electron chi connectivity index (χ2n) is 3.37. The Balaban J connectivity index is 1.75. The molecule has 4 nitrogen and oxygen atoms in total. The highest BCUT2D eigenvalue weighted by molar-refractivity contribution is 5.69. The molecule has 0 saturated carbocycles. The van der Waals surface area contributed by atoms with Crippen molar-refractivity contribution < 1.29 is 14.3 Å². The zero-order valence-electron chi connectivity index (χ0n) is 6.91. The number of cyclic esters (lactones) is 1. The molecule has 2 saturated heterocycles. The Kier molecular flexibility index (Phi) is 2.17. The van der Waals surface area contributed by atoms with Crippen LogP contribution in [0.1, 0.15) is 12.8 Å². The number of hydrogen-bond donors (Lipinski definition) is 1. The lowest BCUT2D eigenvalue weighted by molar-refractivity contribution is 0.119. The molecule has 0 radical (unpaired) electrons. The zero-order chi connectivity index (χ0) is 8.39. The molecule has 12 heavy (non-hydrogen) atoms. The van der Waals surface area contributed by atoms with E-state index >= 15 is 0 Å². The van der Waals surface area contributed by atoms with Crippen molar-refractivity contribution >= 4 is 6.09 Å². The van der Waals surface area contributed by atoms with Gasteiger partial charge in [-0.3, -0.25) is 0 Å². The monoisotopic (exact) mass is 171 g/mol. The van der Waals surface area contributed by atoms with Crippen LogP contribution in [0.15, 0.2) is 0 Å². The highest BCUT2D eigenvalue weighted by Crippen LogP contribution is 2.20. The summed E-state index contributed by atoms with van der Waals surface area (Å²) in [4.78, 5) is 10.7. The predicted octanol–water partition coefficient (Wildman–Crippen LogP) is 0.521. The van der Waals surface area contributed by atoms with Gasteiger partial charge in [-0.2, -0.15) is 0 Å². The van der Waals surface area contributed by atoms with Crippen LogP contribution in [0.25, 0.3) is 0 Å². The van der Waals surface area contributed by atoms with Crippen LogP contribution in [-0.4, -0.2) is 32.0 Å². The van der Waals surface area contributed by atoms with E-state index in [0.29, 0.717) is 12.5 Å². The maximum atomic E-state index is 10.7. The fourth-order valence-corrected chi connectivity index (χ4v) is 1.70. The molecule has 0 aliphatic carbocycles. The van der Waals surface area contributed by atoms with Crippen LogP contribution >= 0.6 is 0 Å². The van der Waals surface area contributed by atoms with Gasteiger partial charge in [0, 0.05) is 13.2 Å².